The van der Waals surface area contributed by atoms with Gasteiger partial charge in [-0.25, -0.2) is 10.8 Å². The first-order valence-corrected chi connectivity index (χ1v) is 6.36. The lowest BCUT2D eigenvalue weighted by Gasteiger charge is -2.09. The number of aromatic nitrogens is 2. The van der Waals surface area contributed by atoms with Crippen LogP contribution in [-0.4, -0.2) is 22.4 Å². The summed E-state index contributed by atoms with van der Waals surface area (Å²) in [5.41, 5.74) is 2.66. The van der Waals surface area contributed by atoms with Crippen molar-refractivity contribution in [2.75, 3.05) is 12.0 Å². The Morgan fingerprint density at radius 2 is 2.17 bits per heavy atom. The van der Waals surface area contributed by atoms with E-state index in [2.05, 4.69) is 20.7 Å². The van der Waals surface area contributed by atoms with Crippen molar-refractivity contribution in [1.29, 1.82) is 0 Å². The fourth-order valence-corrected chi connectivity index (χ4v) is 2.32. The van der Waals surface area contributed by atoms with Crippen LogP contribution in [0.15, 0.2) is 12.4 Å². The molecule has 1 aliphatic rings. The SMILES string of the molecule is NNc1cncc(C(=O)NCCC2CCCC2)n1. The average Bonchev–Trinajstić information content (AvgIpc) is 2.92. The number of anilines is 1. The van der Waals surface area contributed by atoms with Gasteiger partial charge < -0.3 is 10.7 Å². The first kappa shape index (κ1) is 12.8. The maximum absolute atomic E-state index is 11.8. The minimum atomic E-state index is -0.197. The number of hydrazine groups is 1. The number of rotatable bonds is 5. The molecule has 1 aromatic rings. The number of hydrogen-bond donors (Lipinski definition) is 3. The predicted molar refractivity (Wildman–Crippen MR) is 68.8 cm³/mol. The quantitative estimate of drug-likeness (QED) is 0.536. The van der Waals surface area contributed by atoms with E-state index in [-0.39, 0.29) is 11.6 Å². The molecule has 2 rings (SSSR count). The van der Waals surface area contributed by atoms with E-state index < -0.39 is 0 Å². The van der Waals surface area contributed by atoms with Gasteiger partial charge in [0.05, 0.1) is 12.4 Å². The molecule has 1 aliphatic carbocycles. The molecule has 1 saturated carbocycles. The number of nitrogens with one attached hydrogen (secondary N) is 2. The third kappa shape index (κ3) is 3.40. The zero-order valence-electron chi connectivity index (χ0n) is 10.4. The molecule has 0 radical (unpaired) electrons. The molecular weight excluding hydrogens is 230 g/mol. The third-order valence-electron chi connectivity index (χ3n) is 3.33. The summed E-state index contributed by atoms with van der Waals surface area (Å²) in [5, 5.41) is 2.87. The van der Waals surface area contributed by atoms with Gasteiger partial charge >= 0.3 is 0 Å². The van der Waals surface area contributed by atoms with Crippen molar-refractivity contribution in [3.05, 3.63) is 18.1 Å². The monoisotopic (exact) mass is 249 g/mol. The van der Waals surface area contributed by atoms with Crippen LogP contribution in [0, 0.1) is 5.92 Å². The molecule has 1 heterocycles. The first-order valence-electron chi connectivity index (χ1n) is 6.36. The minimum absolute atomic E-state index is 0.197. The number of carbonyl (C=O) groups is 1. The van der Waals surface area contributed by atoms with Crippen LogP contribution in [0.4, 0.5) is 5.82 Å². The first-order chi connectivity index (χ1) is 8.79. The second-order valence-corrected chi connectivity index (χ2v) is 4.63. The fraction of sp³-hybridized carbons (Fsp3) is 0.583. The third-order valence-corrected chi connectivity index (χ3v) is 3.33. The molecule has 0 unspecified atom stereocenters. The standard InChI is InChI=1S/C12H19N5O/c13-17-11-8-14-7-10(16-11)12(18)15-6-5-9-3-1-2-4-9/h7-9H,1-6,13H2,(H,15,18)(H,16,17). The molecule has 98 valence electrons. The van der Waals surface area contributed by atoms with Crippen LogP contribution < -0.4 is 16.6 Å². The van der Waals surface area contributed by atoms with Gasteiger partial charge in [0.2, 0.25) is 0 Å². The summed E-state index contributed by atoms with van der Waals surface area (Å²) in [6, 6.07) is 0. The van der Waals surface area contributed by atoms with Crippen molar-refractivity contribution in [3.63, 3.8) is 0 Å². The Balaban J connectivity index is 1.79. The molecule has 1 fully saturated rings. The summed E-state index contributed by atoms with van der Waals surface area (Å²) in [7, 11) is 0. The average molecular weight is 249 g/mol. The van der Waals surface area contributed by atoms with E-state index in [0.29, 0.717) is 12.4 Å². The van der Waals surface area contributed by atoms with Crippen LogP contribution in [0.1, 0.15) is 42.6 Å². The van der Waals surface area contributed by atoms with E-state index >= 15 is 0 Å². The van der Waals surface area contributed by atoms with Crippen LogP contribution in [-0.2, 0) is 0 Å². The fourth-order valence-electron chi connectivity index (χ4n) is 2.32. The Labute approximate surface area is 106 Å². The highest BCUT2D eigenvalue weighted by Gasteiger charge is 2.15. The Kier molecular flexibility index (Phi) is 4.46. The Bertz CT molecular complexity index is 403. The maximum atomic E-state index is 11.8. The van der Waals surface area contributed by atoms with Crippen molar-refractivity contribution in [3.8, 4) is 0 Å². The van der Waals surface area contributed by atoms with Crippen molar-refractivity contribution >= 4 is 11.7 Å². The van der Waals surface area contributed by atoms with Crippen LogP contribution in [0.5, 0.6) is 0 Å². The normalized spacial score (nSPS) is 15.6. The summed E-state index contributed by atoms with van der Waals surface area (Å²) in [4.78, 5) is 19.7. The highest BCUT2D eigenvalue weighted by atomic mass is 16.1. The molecule has 1 aromatic heterocycles. The van der Waals surface area contributed by atoms with Gasteiger partial charge in [-0.2, -0.15) is 0 Å². The van der Waals surface area contributed by atoms with Crippen molar-refractivity contribution in [1.82, 2.24) is 15.3 Å². The Morgan fingerprint density at radius 1 is 1.39 bits per heavy atom. The number of hydrogen-bond acceptors (Lipinski definition) is 5. The summed E-state index contributed by atoms with van der Waals surface area (Å²) in [5.74, 6) is 6.18. The van der Waals surface area contributed by atoms with Gasteiger partial charge in [0.25, 0.3) is 5.91 Å². The molecule has 18 heavy (non-hydrogen) atoms. The Morgan fingerprint density at radius 3 is 2.89 bits per heavy atom. The lowest BCUT2D eigenvalue weighted by molar-refractivity contribution is 0.0946. The van der Waals surface area contributed by atoms with Gasteiger partial charge in [-0.3, -0.25) is 9.78 Å². The van der Waals surface area contributed by atoms with E-state index in [9.17, 15) is 4.79 Å². The molecule has 0 aliphatic heterocycles. The minimum Gasteiger partial charge on any atom is -0.351 e. The summed E-state index contributed by atoms with van der Waals surface area (Å²) in [6.07, 6.45) is 9.20. The molecule has 6 heteroatoms. The zero-order chi connectivity index (χ0) is 12.8. The topological polar surface area (TPSA) is 92.9 Å². The van der Waals surface area contributed by atoms with Crippen LogP contribution >= 0.6 is 0 Å². The molecule has 0 aromatic carbocycles. The van der Waals surface area contributed by atoms with Crippen LogP contribution in [0.2, 0.25) is 0 Å². The number of nitrogens with zero attached hydrogens (tertiary/aromatic N) is 2. The largest absolute Gasteiger partial charge is 0.351 e. The van der Waals surface area contributed by atoms with E-state index in [1.807, 2.05) is 0 Å². The van der Waals surface area contributed by atoms with Gasteiger partial charge in [0, 0.05) is 6.54 Å². The van der Waals surface area contributed by atoms with Gasteiger partial charge in [-0.05, 0) is 12.3 Å². The van der Waals surface area contributed by atoms with E-state index in [4.69, 9.17) is 5.84 Å². The van der Waals surface area contributed by atoms with Crippen LogP contribution in [0.3, 0.4) is 0 Å². The molecule has 1 amide bonds. The second kappa shape index (κ2) is 6.30. The molecule has 0 atom stereocenters. The number of nitrogen functional groups attached to an aromatic ring is 1. The van der Waals surface area contributed by atoms with Gasteiger partial charge in [0.15, 0.2) is 5.82 Å². The number of nitrogens with two attached hydrogens (primary N) is 1. The second-order valence-electron chi connectivity index (χ2n) is 4.63. The molecule has 0 saturated heterocycles. The lowest BCUT2D eigenvalue weighted by Crippen LogP contribution is -2.27. The smallest absolute Gasteiger partial charge is 0.271 e. The molecule has 6 nitrogen and oxygen atoms in total. The van der Waals surface area contributed by atoms with Gasteiger partial charge in [0.1, 0.15) is 5.69 Å². The summed E-state index contributed by atoms with van der Waals surface area (Å²) >= 11 is 0. The highest BCUT2D eigenvalue weighted by molar-refractivity contribution is 5.92. The van der Waals surface area contributed by atoms with Gasteiger partial charge in [-0.1, -0.05) is 25.7 Å². The van der Waals surface area contributed by atoms with E-state index in [1.165, 1.54) is 38.1 Å². The highest BCUT2D eigenvalue weighted by Crippen LogP contribution is 2.26. The molecule has 0 spiro atoms. The van der Waals surface area contributed by atoms with E-state index in [0.717, 1.165) is 12.3 Å². The lowest BCUT2D eigenvalue weighted by atomic mass is 10.0. The van der Waals surface area contributed by atoms with Gasteiger partial charge in [-0.15, -0.1) is 0 Å². The molecular formula is C12H19N5O. The summed E-state index contributed by atoms with van der Waals surface area (Å²) < 4.78 is 0. The zero-order valence-corrected chi connectivity index (χ0v) is 10.4. The number of carbonyl (C=O) groups excluding carboxylic acids is 1. The van der Waals surface area contributed by atoms with Crippen LogP contribution in [0.25, 0.3) is 0 Å². The Hall–Kier alpha value is -1.69. The van der Waals surface area contributed by atoms with Crippen molar-refractivity contribution in [2.45, 2.75) is 32.1 Å². The predicted octanol–water partition coefficient (Wildman–Crippen LogP) is 1.07. The maximum Gasteiger partial charge on any atom is 0.271 e. The van der Waals surface area contributed by atoms with E-state index in [1.54, 1.807) is 0 Å². The molecule has 0 bridgehead atoms. The van der Waals surface area contributed by atoms with Crippen molar-refractivity contribution < 1.29 is 4.79 Å². The molecule has 4 N–H and O–H groups in total. The number of amides is 1. The van der Waals surface area contributed by atoms with Crippen molar-refractivity contribution in [2.24, 2.45) is 11.8 Å². The summed E-state index contributed by atoms with van der Waals surface area (Å²) in [6.45, 7) is 0.700.